The Labute approximate surface area is 210 Å². The molecule has 3 aromatic rings. The molecule has 0 heterocycles. The number of nitrogens with zero attached hydrogens (tertiary/aromatic N) is 1. The van der Waals surface area contributed by atoms with Crippen molar-refractivity contribution in [3.05, 3.63) is 91.9 Å². The van der Waals surface area contributed by atoms with Crippen molar-refractivity contribution >= 4 is 74.2 Å². The fourth-order valence-electron chi connectivity index (χ4n) is 2.57. The topological polar surface area (TPSA) is 96.3 Å². The molecule has 0 aliphatic rings. The molecule has 0 aromatic heterocycles. The van der Waals surface area contributed by atoms with Crippen LogP contribution in [-0.2, 0) is 14.9 Å². The SMILES string of the molecule is N#C/C(=C\c1cc(Cl)cc(Cl)c1OS(=O)(=O)c1ccc(Cl)cc1)C(=O)Nc1ccc(Cl)cc1. The average Bonchev–Trinajstić information content (AvgIpc) is 2.76. The number of nitrogens with one attached hydrogen (secondary N) is 1. The van der Waals surface area contributed by atoms with Crippen molar-refractivity contribution in [3.8, 4) is 11.8 Å². The molecular weight excluding hydrogens is 530 g/mol. The van der Waals surface area contributed by atoms with Crippen molar-refractivity contribution < 1.29 is 17.4 Å². The first-order chi connectivity index (χ1) is 15.6. The molecule has 0 bridgehead atoms. The lowest BCUT2D eigenvalue weighted by molar-refractivity contribution is -0.112. The minimum atomic E-state index is -4.31. The van der Waals surface area contributed by atoms with Crippen molar-refractivity contribution in [3.63, 3.8) is 0 Å². The minimum Gasteiger partial charge on any atom is -0.377 e. The predicted octanol–water partition coefficient (Wildman–Crippen LogP) is 6.61. The van der Waals surface area contributed by atoms with Crippen LogP contribution in [0.25, 0.3) is 6.08 Å². The fourth-order valence-corrected chi connectivity index (χ4v) is 4.39. The highest BCUT2D eigenvalue weighted by Gasteiger charge is 2.22. The summed E-state index contributed by atoms with van der Waals surface area (Å²) in [5.74, 6) is -1.05. The van der Waals surface area contributed by atoms with E-state index in [2.05, 4.69) is 5.32 Å². The van der Waals surface area contributed by atoms with E-state index in [9.17, 15) is 18.5 Å². The number of anilines is 1. The minimum absolute atomic E-state index is 0.00726. The molecule has 11 heteroatoms. The molecule has 33 heavy (non-hydrogen) atoms. The maximum atomic E-state index is 12.7. The quantitative estimate of drug-likeness (QED) is 0.215. The van der Waals surface area contributed by atoms with Gasteiger partial charge in [0, 0.05) is 26.3 Å². The third-order valence-electron chi connectivity index (χ3n) is 4.10. The van der Waals surface area contributed by atoms with Gasteiger partial charge in [-0.1, -0.05) is 46.4 Å². The molecule has 0 saturated heterocycles. The molecule has 0 unspecified atom stereocenters. The van der Waals surface area contributed by atoms with Crippen LogP contribution >= 0.6 is 46.4 Å². The molecule has 0 radical (unpaired) electrons. The normalized spacial score (nSPS) is 11.5. The smallest absolute Gasteiger partial charge is 0.339 e. The van der Waals surface area contributed by atoms with E-state index >= 15 is 0 Å². The number of halogens is 4. The third-order valence-corrected chi connectivity index (χ3v) is 6.34. The van der Waals surface area contributed by atoms with E-state index in [0.29, 0.717) is 15.7 Å². The van der Waals surface area contributed by atoms with E-state index in [1.165, 1.54) is 36.4 Å². The third kappa shape index (κ3) is 6.41. The van der Waals surface area contributed by atoms with Crippen molar-refractivity contribution in [2.45, 2.75) is 4.90 Å². The summed E-state index contributed by atoms with van der Waals surface area (Å²) in [6.07, 6.45) is 1.12. The van der Waals surface area contributed by atoms with E-state index in [0.717, 1.165) is 6.08 Å². The van der Waals surface area contributed by atoms with Crippen molar-refractivity contribution in [1.82, 2.24) is 0 Å². The molecule has 3 rings (SSSR count). The van der Waals surface area contributed by atoms with Gasteiger partial charge in [0.25, 0.3) is 5.91 Å². The summed E-state index contributed by atoms with van der Waals surface area (Å²) in [6, 6.07) is 15.9. The van der Waals surface area contributed by atoms with Crippen LogP contribution in [0.15, 0.2) is 71.1 Å². The average molecular weight is 542 g/mol. The van der Waals surface area contributed by atoms with Crippen LogP contribution in [0.1, 0.15) is 5.56 Å². The highest BCUT2D eigenvalue weighted by Crippen LogP contribution is 2.36. The van der Waals surface area contributed by atoms with Gasteiger partial charge in [-0.05, 0) is 66.7 Å². The van der Waals surface area contributed by atoms with Crippen LogP contribution < -0.4 is 9.50 Å². The zero-order chi connectivity index (χ0) is 24.2. The van der Waals surface area contributed by atoms with Crippen LogP contribution in [0, 0.1) is 11.3 Å². The van der Waals surface area contributed by atoms with Crippen LogP contribution in [0.2, 0.25) is 20.1 Å². The molecule has 0 spiro atoms. The van der Waals surface area contributed by atoms with Crippen LogP contribution in [-0.4, -0.2) is 14.3 Å². The summed E-state index contributed by atoms with van der Waals surface area (Å²) in [7, 11) is -4.31. The van der Waals surface area contributed by atoms with Gasteiger partial charge in [-0.25, -0.2) is 0 Å². The number of rotatable bonds is 6. The summed E-state index contributed by atoms with van der Waals surface area (Å²) in [4.78, 5) is 12.4. The van der Waals surface area contributed by atoms with Gasteiger partial charge in [0.2, 0.25) is 0 Å². The molecule has 3 aromatic carbocycles. The van der Waals surface area contributed by atoms with E-state index in [-0.39, 0.29) is 31.8 Å². The first-order valence-corrected chi connectivity index (χ1v) is 11.9. The first-order valence-electron chi connectivity index (χ1n) is 8.97. The van der Waals surface area contributed by atoms with Gasteiger partial charge in [-0.2, -0.15) is 13.7 Å². The second-order valence-electron chi connectivity index (χ2n) is 6.43. The molecule has 0 aliphatic heterocycles. The number of benzene rings is 3. The van der Waals surface area contributed by atoms with E-state index in [4.69, 9.17) is 50.6 Å². The molecule has 0 aliphatic carbocycles. The van der Waals surface area contributed by atoms with Gasteiger partial charge in [0.15, 0.2) is 5.75 Å². The summed E-state index contributed by atoms with van der Waals surface area (Å²) < 4.78 is 30.7. The van der Waals surface area contributed by atoms with Gasteiger partial charge in [0.1, 0.15) is 16.5 Å². The summed E-state index contributed by atoms with van der Waals surface area (Å²) in [5, 5.41) is 12.9. The second-order valence-corrected chi connectivity index (χ2v) is 9.69. The Balaban J connectivity index is 1.99. The summed E-state index contributed by atoms with van der Waals surface area (Å²) in [6.45, 7) is 0. The molecule has 168 valence electrons. The fraction of sp³-hybridized carbons (Fsp3) is 0. The maximum absolute atomic E-state index is 12.7. The Morgan fingerprint density at radius 3 is 2.06 bits per heavy atom. The van der Waals surface area contributed by atoms with Crippen molar-refractivity contribution in [2.24, 2.45) is 0 Å². The standard InChI is InChI=1S/C22H12Cl4N2O4S/c23-15-1-5-18(6-2-15)28-22(29)14(12-27)9-13-10-17(25)11-20(26)21(13)32-33(30,31)19-7-3-16(24)4-8-19/h1-11H,(H,28,29)/b14-9+. The summed E-state index contributed by atoms with van der Waals surface area (Å²) >= 11 is 23.9. The molecule has 0 saturated carbocycles. The molecule has 1 N–H and O–H groups in total. The molecule has 0 atom stereocenters. The summed E-state index contributed by atoms with van der Waals surface area (Å²) in [5.41, 5.74) is 0.0568. The number of nitriles is 1. The largest absolute Gasteiger partial charge is 0.377 e. The van der Waals surface area contributed by atoms with Crippen molar-refractivity contribution in [1.29, 1.82) is 5.26 Å². The zero-order valence-corrected chi connectivity index (χ0v) is 20.2. The molecule has 0 fully saturated rings. The predicted molar refractivity (Wildman–Crippen MR) is 129 cm³/mol. The highest BCUT2D eigenvalue weighted by molar-refractivity contribution is 7.87. The lowest BCUT2D eigenvalue weighted by atomic mass is 10.1. The van der Waals surface area contributed by atoms with Crippen LogP contribution in [0.3, 0.4) is 0 Å². The van der Waals surface area contributed by atoms with Gasteiger partial charge in [0.05, 0.1) is 5.02 Å². The Bertz CT molecular complexity index is 1380. The number of amides is 1. The monoisotopic (exact) mass is 540 g/mol. The first kappa shape index (κ1) is 24.9. The van der Waals surface area contributed by atoms with Crippen LogP contribution in [0.4, 0.5) is 5.69 Å². The molecule has 6 nitrogen and oxygen atoms in total. The van der Waals surface area contributed by atoms with Gasteiger partial charge in [-0.3, -0.25) is 4.79 Å². The van der Waals surface area contributed by atoms with E-state index in [1.54, 1.807) is 30.3 Å². The Kier molecular flexibility index (Phi) is 7.90. The van der Waals surface area contributed by atoms with E-state index < -0.39 is 16.0 Å². The maximum Gasteiger partial charge on any atom is 0.339 e. The number of carbonyl (C=O) groups is 1. The van der Waals surface area contributed by atoms with Gasteiger partial charge >= 0.3 is 10.1 Å². The van der Waals surface area contributed by atoms with E-state index in [1.807, 2.05) is 0 Å². The lowest BCUT2D eigenvalue weighted by Gasteiger charge is -2.12. The Morgan fingerprint density at radius 2 is 1.48 bits per heavy atom. The van der Waals surface area contributed by atoms with Crippen LogP contribution in [0.5, 0.6) is 5.75 Å². The zero-order valence-electron chi connectivity index (χ0n) is 16.4. The number of hydrogen-bond donors (Lipinski definition) is 1. The van der Waals surface area contributed by atoms with Gasteiger partial charge in [-0.15, -0.1) is 0 Å². The molecule has 1 amide bonds. The Hall–Kier alpha value is -2.73. The number of carbonyl (C=O) groups excluding carboxylic acids is 1. The van der Waals surface area contributed by atoms with Crippen molar-refractivity contribution in [2.75, 3.05) is 5.32 Å². The highest BCUT2D eigenvalue weighted by atomic mass is 35.5. The molecular formula is C22H12Cl4N2O4S. The second kappa shape index (κ2) is 10.5. The van der Waals surface area contributed by atoms with Gasteiger partial charge < -0.3 is 9.50 Å². The Morgan fingerprint density at radius 1 is 0.909 bits per heavy atom. The lowest BCUT2D eigenvalue weighted by Crippen LogP contribution is -2.14. The number of hydrogen-bond acceptors (Lipinski definition) is 5.